The molecule has 0 saturated heterocycles. The largest absolute Gasteiger partial charge is 0.497 e. The molecule has 3 aromatic rings. The minimum atomic E-state index is -0.0402. The number of rotatable bonds is 6. The van der Waals surface area contributed by atoms with E-state index in [1.807, 2.05) is 29.6 Å². The molecule has 130 valence electrons. The van der Waals surface area contributed by atoms with Gasteiger partial charge in [0.05, 0.1) is 31.2 Å². The van der Waals surface area contributed by atoms with E-state index in [1.54, 1.807) is 38.3 Å². The van der Waals surface area contributed by atoms with Gasteiger partial charge in [0, 0.05) is 19.2 Å². The Balaban J connectivity index is 1.77. The highest BCUT2D eigenvalue weighted by molar-refractivity contribution is 7.12. The van der Waals surface area contributed by atoms with Crippen LogP contribution in [0.3, 0.4) is 0 Å². The Kier molecular flexibility index (Phi) is 5.04. The van der Waals surface area contributed by atoms with Crippen LogP contribution in [0.25, 0.3) is 11.3 Å². The molecular weight excluding hydrogens is 340 g/mol. The monoisotopic (exact) mass is 358 g/mol. The van der Waals surface area contributed by atoms with Crippen molar-refractivity contribution < 1.29 is 18.8 Å². The molecule has 0 radical (unpaired) electrons. The van der Waals surface area contributed by atoms with E-state index < -0.39 is 0 Å². The van der Waals surface area contributed by atoms with Crippen molar-refractivity contribution >= 4 is 17.2 Å². The lowest BCUT2D eigenvalue weighted by Gasteiger charge is -2.13. The summed E-state index contributed by atoms with van der Waals surface area (Å²) in [6.07, 6.45) is 0. The highest BCUT2D eigenvalue weighted by Gasteiger charge is 2.17. The molecule has 0 aliphatic rings. The van der Waals surface area contributed by atoms with Crippen LogP contribution in [-0.4, -0.2) is 37.2 Å². The Hall–Kier alpha value is -2.80. The summed E-state index contributed by atoms with van der Waals surface area (Å²) >= 11 is 1.42. The zero-order valence-electron chi connectivity index (χ0n) is 14.2. The summed E-state index contributed by atoms with van der Waals surface area (Å²) in [6, 6.07) is 10.9. The number of benzene rings is 1. The molecule has 7 heteroatoms. The van der Waals surface area contributed by atoms with Crippen LogP contribution in [0.4, 0.5) is 0 Å². The van der Waals surface area contributed by atoms with E-state index in [9.17, 15) is 4.79 Å². The summed E-state index contributed by atoms with van der Waals surface area (Å²) in [4.78, 5) is 14.6. The maximum atomic E-state index is 12.3. The third kappa shape index (κ3) is 3.66. The van der Waals surface area contributed by atoms with Gasteiger partial charge in [-0.05, 0) is 23.6 Å². The van der Waals surface area contributed by atoms with Crippen LogP contribution in [0.2, 0.25) is 0 Å². The molecule has 1 amide bonds. The van der Waals surface area contributed by atoms with E-state index >= 15 is 0 Å². The molecule has 0 unspecified atom stereocenters. The normalized spacial score (nSPS) is 10.5. The number of amides is 1. The average molecular weight is 358 g/mol. The van der Waals surface area contributed by atoms with Gasteiger partial charge in [-0.2, -0.15) is 0 Å². The first-order valence-corrected chi connectivity index (χ1v) is 8.47. The molecule has 6 nitrogen and oxygen atoms in total. The number of hydrogen-bond acceptors (Lipinski definition) is 6. The number of carbonyl (C=O) groups excluding carboxylic acids is 1. The fourth-order valence-electron chi connectivity index (χ4n) is 2.42. The Morgan fingerprint density at radius 1 is 1.24 bits per heavy atom. The van der Waals surface area contributed by atoms with Crippen molar-refractivity contribution in [3.8, 4) is 22.8 Å². The van der Waals surface area contributed by atoms with Crippen LogP contribution < -0.4 is 9.47 Å². The first-order valence-electron chi connectivity index (χ1n) is 7.59. The van der Waals surface area contributed by atoms with E-state index in [-0.39, 0.29) is 5.91 Å². The van der Waals surface area contributed by atoms with Crippen molar-refractivity contribution in [1.29, 1.82) is 0 Å². The van der Waals surface area contributed by atoms with Gasteiger partial charge in [0.25, 0.3) is 5.91 Å². The van der Waals surface area contributed by atoms with Gasteiger partial charge >= 0.3 is 0 Å². The summed E-state index contributed by atoms with van der Waals surface area (Å²) in [7, 11) is 4.93. The van der Waals surface area contributed by atoms with Gasteiger partial charge in [-0.15, -0.1) is 11.3 Å². The van der Waals surface area contributed by atoms with Gasteiger partial charge in [0.1, 0.15) is 17.2 Å². The second-order valence-electron chi connectivity index (χ2n) is 5.39. The van der Waals surface area contributed by atoms with E-state index in [0.717, 1.165) is 5.56 Å². The predicted molar refractivity (Wildman–Crippen MR) is 95.2 cm³/mol. The summed E-state index contributed by atoms with van der Waals surface area (Å²) < 4.78 is 16.0. The number of hydrogen-bond donors (Lipinski definition) is 0. The summed E-state index contributed by atoms with van der Waals surface area (Å²) in [5.41, 5.74) is 1.44. The zero-order chi connectivity index (χ0) is 17.8. The quantitative estimate of drug-likeness (QED) is 0.672. The van der Waals surface area contributed by atoms with E-state index in [2.05, 4.69) is 5.16 Å². The van der Waals surface area contributed by atoms with Crippen LogP contribution >= 0.6 is 11.3 Å². The molecule has 0 aliphatic carbocycles. The lowest BCUT2D eigenvalue weighted by molar-refractivity contribution is 0.0787. The van der Waals surface area contributed by atoms with Crippen molar-refractivity contribution in [3.63, 3.8) is 0 Å². The second-order valence-corrected chi connectivity index (χ2v) is 6.33. The molecule has 3 rings (SSSR count). The molecule has 0 bridgehead atoms. The molecule has 25 heavy (non-hydrogen) atoms. The Morgan fingerprint density at radius 2 is 2.08 bits per heavy atom. The first kappa shape index (κ1) is 17.0. The standard InChI is InChI=1S/C18H18N2O4S/c1-20(18(21)17-5-4-8-25-17)11-12-9-16(24-19-12)14-7-6-13(22-2)10-15(14)23-3/h4-10H,11H2,1-3H3. The summed E-state index contributed by atoms with van der Waals surface area (Å²) in [6.45, 7) is 0.360. The third-order valence-electron chi connectivity index (χ3n) is 3.71. The van der Waals surface area contributed by atoms with Crippen LogP contribution in [0.5, 0.6) is 11.5 Å². The van der Waals surface area contributed by atoms with Crippen molar-refractivity contribution in [2.24, 2.45) is 0 Å². The lowest BCUT2D eigenvalue weighted by Crippen LogP contribution is -2.25. The maximum Gasteiger partial charge on any atom is 0.264 e. The topological polar surface area (TPSA) is 64.8 Å². The van der Waals surface area contributed by atoms with Gasteiger partial charge in [0.15, 0.2) is 5.76 Å². The summed E-state index contributed by atoms with van der Waals surface area (Å²) in [5.74, 6) is 1.86. The average Bonchev–Trinajstić information content (AvgIpc) is 3.32. The van der Waals surface area contributed by atoms with Gasteiger partial charge < -0.3 is 18.9 Å². The highest BCUT2D eigenvalue weighted by Crippen LogP contribution is 2.33. The molecule has 2 aromatic heterocycles. The number of aromatic nitrogens is 1. The van der Waals surface area contributed by atoms with Crippen molar-refractivity contribution in [3.05, 3.63) is 52.3 Å². The van der Waals surface area contributed by atoms with Gasteiger partial charge in [-0.3, -0.25) is 4.79 Å². The van der Waals surface area contributed by atoms with Gasteiger partial charge in [-0.25, -0.2) is 0 Å². The third-order valence-corrected chi connectivity index (χ3v) is 4.57. The molecule has 0 spiro atoms. The predicted octanol–water partition coefficient (Wildman–Crippen LogP) is 3.69. The summed E-state index contributed by atoms with van der Waals surface area (Å²) in [5, 5.41) is 5.94. The fourth-order valence-corrected chi connectivity index (χ4v) is 3.14. The van der Waals surface area contributed by atoms with Crippen LogP contribution in [0, 0.1) is 0 Å². The number of carbonyl (C=O) groups is 1. The Labute approximate surface area is 149 Å². The number of methoxy groups -OCH3 is 2. The number of nitrogens with zero attached hydrogens (tertiary/aromatic N) is 2. The molecule has 0 fully saturated rings. The molecule has 1 aromatic carbocycles. The number of thiophene rings is 1. The minimum absolute atomic E-state index is 0.0402. The maximum absolute atomic E-state index is 12.3. The second kappa shape index (κ2) is 7.40. The van der Waals surface area contributed by atoms with Crippen LogP contribution in [-0.2, 0) is 6.54 Å². The molecule has 0 N–H and O–H groups in total. The Morgan fingerprint density at radius 3 is 2.76 bits per heavy atom. The fraction of sp³-hybridized carbons (Fsp3) is 0.222. The Bertz CT molecular complexity index is 858. The van der Waals surface area contributed by atoms with Crippen molar-refractivity contribution in [1.82, 2.24) is 10.1 Å². The van der Waals surface area contributed by atoms with Crippen LogP contribution in [0.1, 0.15) is 15.4 Å². The zero-order valence-corrected chi connectivity index (χ0v) is 15.0. The van der Waals surface area contributed by atoms with Gasteiger partial charge in [0.2, 0.25) is 0 Å². The van der Waals surface area contributed by atoms with Crippen molar-refractivity contribution in [2.75, 3.05) is 21.3 Å². The smallest absolute Gasteiger partial charge is 0.264 e. The SMILES string of the molecule is COc1ccc(-c2cc(CN(C)C(=O)c3cccs3)no2)c(OC)c1. The molecule has 0 aliphatic heterocycles. The molecule has 0 saturated carbocycles. The molecular formula is C18H18N2O4S. The first-order chi connectivity index (χ1) is 12.1. The minimum Gasteiger partial charge on any atom is -0.497 e. The van der Waals surface area contributed by atoms with Gasteiger partial charge in [-0.1, -0.05) is 11.2 Å². The van der Waals surface area contributed by atoms with E-state index in [4.69, 9.17) is 14.0 Å². The lowest BCUT2D eigenvalue weighted by atomic mass is 10.1. The van der Waals surface area contributed by atoms with E-state index in [1.165, 1.54) is 11.3 Å². The number of ether oxygens (including phenoxy) is 2. The van der Waals surface area contributed by atoms with Crippen molar-refractivity contribution in [2.45, 2.75) is 6.54 Å². The van der Waals surface area contributed by atoms with Crippen LogP contribution in [0.15, 0.2) is 46.3 Å². The molecule has 2 heterocycles. The molecule has 0 atom stereocenters. The van der Waals surface area contributed by atoms with E-state index in [0.29, 0.717) is 34.4 Å². The highest BCUT2D eigenvalue weighted by atomic mass is 32.1.